The fourth-order valence-electron chi connectivity index (χ4n) is 0.815. The lowest BCUT2D eigenvalue weighted by molar-refractivity contribution is -0.136. The zero-order valence-electron chi connectivity index (χ0n) is 8.41. The van der Waals surface area contributed by atoms with Crippen molar-refractivity contribution in [2.75, 3.05) is 5.75 Å². The van der Waals surface area contributed by atoms with Crippen LogP contribution in [0.1, 0.15) is 33.6 Å². The molecule has 0 amide bonds. The fourth-order valence-corrected chi connectivity index (χ4v) is 2.09. The molecule has 0 saturated heterocycles. The SMILES string of the molecule is CCC(SCCC(C)(C)O)C(=O)O. The third-order valence-corrected chi connectivity index (χ3v) is 3.06. The summed E-state index contributed by atoms with van der Waals surface area (Å²) in [7, 11) is 0. The average Bonchev–Trinajstić information content (AvgIpc) is 1.95. The molecule has 13 heavy (non-hydrogen) atoms. The number of hydrogen-bond donors (Lipinski definition) is 2. The minimum Gasteiger partial charge on any atom is -0.480 e. The largest absolute Gasteiger partial charge is 0.480 e. The Morgan fingerprint density at radius 2 is 2.08 bits per heavy atom. The Hall–Kier alpha value is -0.220. The standard InChI is InChI=1S/C9H18O3S/c1-4-7(8(10)11)13-6-5-9(2,3)12/h7,12H,4-6H2,1-3H3,(H,10,11). The summed E-state index contributed by atoms with van der Waals surface area (Å²) < 4.78 is 0. The van der Waals surface area contributed by atoms with Crippen LogP contribution in [0.25, 0.3) is 0 Å². The van der Waals surface area contributed by atoms with Gasteiger partial charge in [0.2, 0.25) is 0 Å². The molecular weight excluding hydrogens is 188 g/mol. The van der Waals surface area contributed by atoms with Crippen molar-refractivity contribution < 1.29 is 15.0 Å². The lowest BCUT2D eigenvalue weighted by Gasteiger charge is -2.17. The topological polar surface area (TPSA) is 57.5 Å². The average molecular weight is 206 g/mol. The minimum atomic E-state index is -0.761. The van der Waals surface area contributed by atoms with E-state index in [0.717, 1.165) is 0 Å². The zero-order valence-corrected chi connectivity index (χ0v) is 9.23. The van der Waals surface area contributed by atoms with Gasteiger partial charge in [-0.1, -0.05) is 6.92 Å². The van der Waals surface area contributed by atoms with Crippen LogP contribution in [0.2, 0.25) is 0 Å². The molecule has 0 aliphatic carbocycles. The van der Waals surface area contributed by atoms with Crippen molar-refractivity contribution in [3.63, 3.8) is 0 Å². The van der Waals surface area contributed by atoms with Crippen LogP contribution in [0, 0.1) is 0 Å². The van der Waals surface area contributed by atoms with Gasteiger partial charge in [0, 0.05) is 0 Å². The number of carbonyl (C=O) groups is 1. The summed E-state index contributed by atoms with van der Waals surface area (Å²) >= 11 is 1.40. The van der Waals surface area contributed by atoms with E-state index >= 15 is 0 Å². The molecule has 4 heteroatoms. The van der Waals surface area contributed by atoms with Gasteiger partial charge in [-0.05, 0) is 32.4 Å². The van der Waals surface area contributed by atoms with Gasteiger partial charge >= 0.3 is 5.97 Å². The van der Waals surface area contributed by atoms with Crippen LogP contribution < -0.4 is 0 Å². The normalized spacial score (nSPS) is 14.2. The molecule has 3 nitrogen and oxygen atoms in total. The van der Waals surface area contributed by atoms with Crippen molar-refractivity contribution >= 4 is 17.7 Å². The molecule has 0 heterocycles. The van der Waals surface area contributed by atoms with Gasteiger partial charge in [0.1, 0.15) is 5.25 Å². The Bertz CT molecular complexity index is 163. The second-order valence-electron chi connectivity index (χ2n) is 3.67. The van der Waals surface area contributed by atoms with E-state index in [4.69, 9.17) is 5.11 Å². The van der Waals surface area contributed by atoms with E-state index in [-0.39, 0.29) is 5.25 Å². The molecule has 0 aliphatic rings. The highest BCUT2D eigenvalue weighted by Crippen LogP contribution is 2.19. The molecule has 1 unspecified atom stereocenters. The van der Waals surface area contributed by atoms with Crippen LogP contribution in [0.4, 0.5) is 0 Å². The van der Waals surface area contributed by atoms with Crippen molar-refractivity contribution in [1.82, 2.24) is 0 Å². The van der Waals surface area contributed by atoms with Crippen LogP contribution >= 0.6 is 11.8 Å². The van der Waals surface area contributed by atoms with Gasteiger partial charge in [-0.2, -0.15) is 0 Å². The Morgan fingerprint density at radius 3 is 2.38 bits per heavy atom. The lowest BCUT2D eigenvalue weighted by atomic mass is 10.1. The number of carboxylic acid groups (broad SMARTS) is 1. The molecular formula is C9H18O3S. The molecule has 0 spiro atoms. The quantitative estimate of drug-likeness (QED) is 0.695. The van der Waals surface area contributed by atoms with E-state index in [2.05, 4.69) is 0 Å². The van der Waals surface area contributed by atoms with Gasteiger partial charge in [0.25, 0.3) is 0 Å². The lowest BCUT2D eigenvalue weighted by Crippen LogP contribution is -2.21. The minimum absolute atomic E-state index is 0.331. The van der Waals surface area contributed by atoms with Crippen molar-refractivity contribution in [1.29, 1.82) is 0 Å². The van der Waals surface area contributed by atoms with E-state index < -0.39 is 11.6 Å². The summed E-state index contributed by atoms with van der Waals surface area (Å²) in [5.41, 5.74) is -0.691. The molecule has 0 saturated carbocycles. The third kappa shape index (κ3) is 6.90. The third-order valence-electron chi connectivity index (χ3n) is 1.68. The smallest absolute Gasteiger partial charge is 0.316 e. The number of carboxylic acids is 1. The maximum absolute atomic E-state index is 10.6. The van der Waals surface area contributed by atoms with Gasteiger partial charge in [-0.15, -0.1) is 11.8 Å². The first-order valence-corrected chi connectivity index (χ1v) is 5.48. The van der Waals surface area contributed by atoms with Gasteiger partial charge in [0.15, 0.2) is 0 Å². The molecule has 0 aromatic carbocycles. The molecule has 0 bridgehead atoms. The maximum atomic E-state index is 10.6. The maximum Gasteiger partial charge on any atom is 0.316 e. The summed E-state index contributed by atoms with van der Waals surface area (Å²) in [6.45, 7) is 5.32. The van der Waals surface area contributed by atoms with Gasteiger partial charge < -0.3 is 10.2 Å². The van der Waals surface area contributed by atoms with Crippen molar-refractivity contribution in [2.24, 2.45) is 0 Å². The van der Waals surface area contributed by atoms with E-state index in [1.54, 1.807) is 13.8 Å². The fraction of sp³-hybridized carbons (Fsp3) is 0.889. The van der Waals surface area contributed by atoms with Crippen LogP contribution in [0.5, 0.6) is 0 Å². The Balaban J connectivity index is 3.68. The van der Waals surface area contributed by atoms with Crippen LogP contribution in [0.15, 0.2) is 0 Å². The number of hydrogen-bond acceptors (Lipinski definition) is 3. The second-order valence-corrected chi connectivity index (χ2v) is 4.98. The first-order chi connectivity index (χ1) is 5.87. The summed E-state index contributed by atoms with van der Waals surface area (Å²) in [6.07, 6.45) is 1.26. The predicted octanol–water partition coefficient (Wildman–Crippen LogP) is 1.74. The van der Waals surface area contributed by atoms with Gasteiger partial charge in [-0.3, -0.25) is 4.79 Å². The molecule has 1 atom stereocenters. The van der Waals surface area contributed by atoms with Crippen molar-refractivity contribution in [2.45, 2.75) is 44.5 Å². The Labute approximate surface area is 83.5 Å². The van der Waals surface area contributed by atoms with E-state index in [1.807, 2.05) is 6.92 Å². The first-order valence-electron chi connectivity index (χ1n) is 4.43. The highest BCUT2D eigenvalue weighted by Gasteiger charge is 2.18. The monoisotopic (exact) mass is 206 g/mol. The van der Waals surface area contributed by atoms with Crippen LogP contribution in [-0.2, 0) is 4.79 Å². The Kier molecular flexibility index (Phi) is 5.40. The van der Waals surface area contributed by atoms with E-state index in [9.17, 15) is 9.90 Å². The van der Waals surface area contributed by atoms with Gasteiger partial charge in [-0.25, -0.2) is 0 Å². The summed E-state index contributed by atoms with van der Waals surface area (Å²) in [5, 5.41) is 17.8. The van der Waals surface area contributed by atoms with Crippen LogP contribution in [-0.4, -0.2) is 32.8 Å². The predicted molar refractivity (Wildman–Crippen MR) is 55.1 cm³/mol. The summed E-state index contributed by atoms with van der Waals surface area (Å²) in [5.74, 6) is -0.0721. The van der Waals surface area contributed by atoms with Crippen LogP contribution in [0.3, 0.4) is 0 Å². The van der Waals surface area contributed by atoms with E-state index in [0.29, 0.717) is 18.6 Å². The summed E-state index contributed by atoms with van der Waals surface area (Å²) in [4.78, 5) is 10.6. The molecule has 0 aromatic rings. The molecule has 0 aromatic heterocycles. The molecule has 0 fully saturated rings. The number of aliphatic hydroxyl groups is 1. The van der Waals surface area contributed by atoms with E-state index in [1.165, 1.54) is 11.8 Å². The number of thioether (sulfide) groups is 1. The first kappa shape index (κ1) is 12.8. The molecule has 0 rings (SSSR count). The highest BCUT2D eigenvalue weighted by atomic mass is 32.2. The molecule has 78 valence electrons. The molecule has 0 radical (unpaired) electrons. The molecule has 2 N–H and O–H groups in total. The number of rotatable bonds is 6. The second kappa shape index (κ2) is 5.50. The van der Waals surface area contributed by atoms with Crippen molar-refractivity contribution in [3.05, 3.63) is 0 Å². The van der Waals surface area contributed by atoms with Crippen molar-refractivity contribution in [3.8, 4) is 0 Å². The van der Waals surface area contributed by atoms with Gasteiger partial charge in [0.05, 0.1) is 5.60 Å². The Morgan fingerprint density at radius 1 is 1.54 bits per heavy atom. The zero-order chi connectivity index (χ0) is 10.5. The summed E-state index contributed by atoms with van der Waals surface area (Å²) in [6, 6.07) is 0. The molecule has 0 aliphatic heterocycles. The highest BCUT2D eigenvalue weighted by molar-refractivity contribution is 8.00. The number of aliphatic carboxylic acids is 1.